The van der Waals surface area contributed by atoms with Crippen molar-refractivity contribution in [3.63, 3.8) is 0 Å². The Morgan fingerprint density at radius 1 is 1.14 bits per heavy atom. The normalized spacial score (nSPS) is 21.9. The summed E-state index contributed by atoms with van der Waals surface area (Å²) in [6.07, 6.45) is 0. The van der Waals surface area contributed by atoms with Gasteiger partial charge in [0.1, 0.15) is 6.04 Å². The van der Waals surface area contributed by atoms with E-state index in [0.29, 0.717) is 5.56 Å². The maximum atomic E-state index is 12.4. The molecule has 2 unspecified atom stereocenters. The highest BCUT2D eigenvalue weighted by Crippen LogP contribution is 2.15. The fourth-order valence-corrected chi connectivity index (χ4v) is 2.36. The highest BCUT2D eigenvalue weighted by Gasteiger charge is 2.43. The van der Waals surface area contributed by atoms with Crippen molar-refractivity contribution < 1.29 is 24.6 Å². The van der Waals surface area contributed by atoms with Crippen LogP contribution in [0.2, 0.25) is 0 Å². The van der Waals surface area contributed by atoms with E-state index in [-0.39, 0.29) is 13.1 Å². The van der Waals surface area contributed by atoms with Crippen molar-refractivity contribution in [3.05, 3.63) is 35.4 Å². The van der Waals surface area contributed by atoms with Crippen LogP contribution in [0.4, 0.5) is 0 Å². The summed E-state index contributed by atoms with van der Waals surface area (Å²) >= 11 is 0. The second kappa shape index (κ2) is 5.92. The lowest BCUT2D eigenvalue weighted by molar-refractivity contribution is -0.152. The lowest BCUT2D eigenvalue weighted by atomic mass is 10.0. The number of carboxylic acid groups (broad SMARTS) is 2. The molecule has 1 aromatic carbocycles. The summed E-state index contributed by atoms with van der Waals surface area (Å²) in [5.74, 6) is -3.10. The highest BCUT2D eigenvalue weighted by atomic mass is 16.4. The topological polar surface area (TPSA) is 107 Å². The van der Waals surface area contributed by atoms with Crippen molar-refractivity contribution in [3.8, 4) is 0 Å². The first-order valence-corrected chi connectivity index (χ1v) is 6.48. The Balaban J connectivity index is 2.31. The first-order chi connectivity index (χ1) is 9.91. The summed E-state index contributed by atoms with van der Waals surface area (Å²) in [5.41, 5.74) is 1.32. The number of rotatable bonds is 3. The van der Waals surface area contributed by atoms with Crippen molar-refractivity contribution in [2.45, 2.75) is 19.0 Å². The standard InChI is InChI=1S/C14H16N2O5/c1-8-2-4-9(5-3-8)12(17)16-7-6-15-10(13(18)19)11(16)14(20)21/h2-5,10-11,15H,6-7H2,1H3,(H,18,19)(H,20,21). The van der Waals surface area contributed by atoms with E-state index < -0.39 is 29.9 Å². The Morgan fingerprint density at radius 3 is 2.29 bits per heavy atom. The number of aryl methyl sites for hydroxylation is 1. The third kappa shape index (κ3) is 3.03. The summed E-state index contributed by atoms with van der Waals surface area (Å²) in [6, 6.07) is 3.97. The molecule has 1 aliphatic rings. The molecular formula is C14H16N2O5. The van der Waals surface area contributed by atoms with Crippen molar-refractivity contribution in [2.75, 3.05) is 13.1 Å². The van der Waals surface area contributed by atoms with Gasteiger partial charge in [-0.15, -0.1) is 0 Å². The number of piperazine rings is 1. The van der Waals surface area contributed by atoms with Crippen LogP contribution in [-0.4, -0.2) is 58.1 Å². The second-order valence-corrected chi connectivity index (χ2v) is 4.92. The third-order valence-corrected chi connectivity index (χ3v) is 3.45. The molecule has 2 rings (SSSR count). The van der Waals surface area contributed by atoms with Gasteiger partial charge in [-0.05, 0) is 19.1 Å². The number of nitrogens with zero attached hydrogens (tertiary/aromatic N) is 1. The van der Waals surface area contributed by atoms with Gasteiger partial charge in [-0.1, -0.05) is 17.7 Å². The molecule has 21 heavy (non-hydrogen) atoms. The number of hydrogen-bond acceptors (Lipinski definition) is 4. The molecule has 0 aliphatic carbocycles. The Bertz CT molecular complexity index is 569. The molecule has 0 aromatic heterocycles. The van der Waals surface area contributed by atoms with E-state index in [1.165, 1.54) is 0 Å². The second-order valence-electron chi connectivity index (χ2n) is 4.92. The molecule has 7 heteroatoms. The van der Waals surface area contributed by atoms with E-state index in [0.717, 1.165) is 10.5 Å². The van der Waals surface area contributed by atoms with Gasteiger partial charge in [0, 0.05) is 18.7 Å². The zero-order chi connectivity index (χ0) is 15.6. The molecule has 112 valence electrons. The monoisotopic (exact) mass is 292 g/mol. The summed E-state index contributed by atoms with van der Waals surface area (Å²) in [6.45, 7) is 2.26. The van der Waals surface area contributed by atoms with E-state index in [1.807, 2.05) is 6.92 Å². The minimum Gasteiger partial charge on any atom is -0.480 e. The van der Waals surface area contributed by atoms with Gasteiger partial charge in [0.25, 0.3) is 5.91 Å². The van der Waals surface area contributed by atoms with Crippen LogP contribution in [-0.2, 0) is 9.59 Å². The summed E-state index contributed by atoms with van der Waals surface area (Å²) in [7, 11) is 0. The predicted octanol–water partition coefficient (Wildman–Crippen LogP) is -0.0532. The van der Waals surface area contributed by atoms with Crippen LogP contribution in [0.3, 0.4) is 0 Å². The first-order valence-electron chi connectivity index (χ1n) is 6.48. The smallest absolute Gasteiger partial charge is 0.328 e. The number of carbonyl (C=O) groups is 3. The van der Waals surface area contributed by atoms with Crippen LogP contribution in [0, 0.1) is 6.92 Å². The SMILES string of the molecule is Cc1ccc(C(=O)N2CCNC(C(=O)O)C2C(=O)O)cc1. The van der Waals surface area contributed by atoms with Crippen LogP contribution in [0.25, 0.3) is 0 Å². The van der Waals surface area contributed by atoms with Crippen LogP contribution < -0.4 is 5.32 Å². The molecule has 1 aliphatic heterocycles. The molecule has 7 nitrogen and oxygen atoms in total. The number of carbonyl (C=O) groups excluding carboxylic acids is 1. The van der Waals surface area contributed by atoms with Crippen molar-refractivity contribution in [2.24, 2.45) is 0 Å². The molecule has 0 spiro atoms. The van der Waals surface area contributed by atoms with Crippen LogP contribution in [0.1, 0.15) is 15.9 Å². The van der Waals surface area contributed by atoms with E-state index in [4.69, 9.17) is 5.11 Å². The Hall–Kier alpha value is -2.41. The van der Waals surface area contributed by atoms with Gasteiger partial charge < -0.3 is 20.4 Å². The molecule has 1 saturated heterocycles. The fraction of sp³-hybridized carbons (Fsp3) is 0.357. The Morgan fingerprint density at radius 2 is 1.76 bits per heavy atom. The zero-order valence-corrected chi connectivity index (χ0v) is 11.4. The molecule has 0 saturated carbocycles. The fourth-order valence-electron chi connectivity index (χ4n) is 2.36. The maximum Gasteiger partial charge on any atom is 0.328 e. The van der Waals surface area contributed by atoms with E-state index in [1.54, 1.807) is 24.3 Å². The predicted molar refractivity (Wildman–Crippen MR) is 73.1 cm³/mol. The number of amides is 1. The van der Waals surface area contributed by atoms with Crippen LogP contribution >= 0.6 is 0 Å². The van der Waals surface area contributed by atoms with Gasteiger partial charge in [-0.25, -0.2) is 4.79 Å². The van der Waals surface area contributed by atoms with Crippen molar-refractivity contribution in [1.29, 1.82) is 0 Å². The molecule has 1 amide bonds. The molecule has 1 aromatic rings. The number of hydrogen-bond donors (Lipinski definition) is 3. The Labute approximate surface area is 121 Å². The van der Waals surface area contributed by atoms with Gasteiger partial charge in [0.15, 0.2) is 6.04 Å². The lowest BCUT2D eigenvalue weighted by Gasteiger charge is -2.37. The van der Waals surface area contributed by atoms with Gasteiger partial charge in [0.05, 0.1) is 0 Å². The quantitative estimate of drug-likeness (QED) is 0.721. The zero-order valence-electron chi connectivity index (χ0n) is 11.4. The van der Waals surface area contributed by atoms with Crippen LogP contribution in [0.15, 0.2) is 24.3 Å². The average Bonchev–Trinajstić information content (AvgIpc) is 2.46. The number of carboxylic acids is 2. The summed E-state index contributed by atoms with van der Waals surface area (Å²) in [5, 5.41) is 21.0. The minimum atomic E-state index is -1.43. The molecule has 0 radical (unpaired) electrons. The van der Waals surface area contributed by atoms with E-state index >= 15 is 0 Å². The molecular weight excluding hydrogens is 276 g/mol. The molecule has 1 fully saturated rings. The molecule has 1 heterocycles. The first kappa shape index (κ1) is 15.0. The minimum absolute atomic E-state index is 0.146. The number of nitrogens with one attached hydrogen (secondary N) is 1. The van der Waals surface area contributed by atoms with Crippen molar-refractivity contribution >= 4 is 17.8 Å². The Kier molecular flexibility index (Phi) is 4.23. The maximum absolute atomic E-state index is 12.4. The molecule has 0 bridgehead atoms. The van der Waals surface area contributed by atoms with E-state index in [2.05, 4.69) is 5.32 Å². The number of benzene rings is 1. The van der Waals surface area contributed by atoms with Gasteiger partial charge in [-0.3, -0.25) is 9.59 Å². The average molecular weight is 292 g/mol. The molecule has 3 N–H and O–H groups in total. The summed E-state index contributed by atoms with van der Waals surface area (Å²) < 4.78 is 0. The van der Waals surface area contributed by atoms with Crippen LogP contribution in [0.5, 0.6) is 0 Å². The lowest BCUT2D eigenvalue weighted by Crippen LogP contribution is -2.65. The largest absolute Gasteiger partial charge is 0.480 e. The number of aliphatic carboxylic acids is 2. The third-order valence-electron chi connectivity index (χ3n) is 3.45. The van der Waals surface area contributed by atoms with Gasteiger partial charge >= 0.3 is 11.9 Å². The molecule has 2 atom stereocenters. The van der Waals surface area contributed by atoms with Crippen molar-refractivity contribution in [1.82, 2.24) is 10.2 Å². The summed E-state index contributed by atoms with van der Waals surface area (Å²) in [4.78, 5) is 36.1. The van der Waals surface area contributed by atoms with Gasteiger partial charge in [0.2, 0.25) is 0 Å². The van der Waals surface area contributed by atoms with E-state index in [9.17, 15) is 19.5 Å². The highest BCUT2D eigenvalue weighted by molar-refractivity contribution is 5.98. The van der Waals surface area contributed by atoms with Gasteiger partial charge in [-0.2, -0.15) is 0 Å².